The third kappa shape index (κ3) is 4.73. The third-order valence-corrected chi connectivity index (χ3v) is 5.70. The maximum absolute atomic E-state index is 12.9. The second kappa shape index (κ2) is 9.31. The van der Waals surface area contributed by atoms with Gasteiger partial charge in [0.25, 0.3) is 0 Å². The maximum atomic E-state index is 12.9. The Labute approximate surface area is 174 Å². The summed E-state index contributed by atoms with van der Waals surface area (Å²) < 4.78 is 10.9. The third-order valence-electron chi connectivity index (χ3n) is 5.70. The Morgan fingerprint density at radius 2 is 2.00 bits per heavy atom. The Balaban J connectivity index is 1.76. The van der Waals surface area contributed by atoms with Gasteiger partial charge >= 0.3 is 0 Å². The zero-order chi connectivity index (χ0) is 21.0. The van der Waals surface area contributed by atoms with E-state index >= 15 is 0 Å². The van der Waals surface area contributed by atoms with Gasteiger partial charge in [0.15, 0.2) is 0 Å². The molecule has 0 aromatic heterocycles. The number of hydrogen-bond donors (Lipinski definition) is 1. The molecule has 0 unspecified atom stereocenters. The van der Waals surface area contributed by atoms with Crippen LogP contribution in [0.4, 0.5) is 5.69 Å². The number of benzene rings is 2. The summed E-state index contributed by atoms with van der Waals surface area (Å²) in [6, 6.07) is 12.3. The van der Waals surface area contributed by atoms with Gasteiger partial charge in [0.2, 0.25) is 5.91 Å². The summed E-state index contributed by atoms with van der Waals surface area (Å²) in [6.45, 7) is 7.61. The molecule has 156 valence electrons. The Morgan fingerprint density at radius 1 is 1.21 bits per heavy atom. The van der Waals surface area contributed by atoms with Crippen LogP contribution in [0.25, 0.3) is 0 Å². The Hall–Kier alpha value is -2.53. The summed E-state index contributed by atoms with van der Waals surface area (Å²) in [4.78, 5) is 15.2. The summed E-state index contributed by atoms with van der Waals surface area (Å²) in [5.74, 6) is 1.96. The zero-order valence-electron chi connectivity index (χ0n) is 18.1. The average Bonchev–Trinajstić information content (AvgIpc) is 3.16. The van der Waals surface area contributed by atoms with Crippen molar-refractivity contribution >= 4 is 11.6 Å². The molecule has 0 spiro atoms. The number of carbonyl (C=O) groups excluding carboxylic acids is 1. The highest BCUT2D eigenvalue weighted by molar-refractivity contribution is 5.94. The molecule has 5 nitrogen and oxygen atoms in total. The molecule has 29 heavy (non-hydrogen) atoms. The Kier molecular flexibility index (Phi) is 6.80. The maximum Gasteiger partial charge on any atom is 0.238 e. The highest BCUT2D eigenvalue weighted by atomic mass is 16.5. The smallest absolute Gasteiger partial charge is 0.238 e. The van der Waals surface area contributed by atoms with Gasteiger partial charge in [-0.1, -0.05) is 38.1 Å². The van der Waals surface area contributed by atoms with E-state index in [2.05, 4.69) is 36.2 Å². The van der Waals surface area contributed by atoms with Crippen LogP contribution in [0.5, 0.6) is 11.5 Å². The summed E-state index contributed by atoms with van der Waals surface area (Å²) in [5.41, 5.74) is 4.33. The van der Waals surface area contributed by atoms with Crippen LogP contribution in [-0.2, 0) is 4.79 Å². The van der Waals surface area contributed by atoms with Crippen molar-refractivity contribution in [1.82, 2.24) is 4.90 Å². The van der Waals surface area contributed by atoms with Crippen molar-refractivity contribution in [3.05, 3.63) is 53.1 Å². The molecule has 1 aliphatic heterocycles. The molecule has 2 aromatic rings. The van der Waals surface area contributed by atoms with Gasteiger partial charge in [0.1, 0.15) is 11.5 Å². The van der Waals surface area contributed by atoms with Crippen LogP contribution in [0.2, 0.25) is 0 Å². The molecule has 2 aromatic carbocycles. The molecule has 0 aliphatic carbocycles. The van der Waals surface area contributed by atoms with Crippen LogP contribution >= 0.6 is 0 Å². The standard InChI is InChI=1S/C24H32N2O3/c1-16(2)19-9-6-8-17(3)24(19)25-23(27)15-26-13-7-10-21(26)20-12-11-18(28-4)14-22(20)29-5/h6,8-9,11-12,14,16,21H,7,10,13,15H2,1-5H3,(H,25,27)/t21-/m1/s1. The largest absolute Gasteiger partial charge is 0.497 e. The van der Waals surface area contributed by atoms with Gasteiger partial charge < -0.3 is 14.8 Å². The number of nitrogens with one attached hydrogen (secondary N) is 1. The number of hydrogen-bond acceptors (Lipinski definition) is 4. The lowest BCUT2D eigenvalue weighted by molar-refractivity contribution is -0.117. The van der Waals surface area contributed by atoms with Crippen molar-refractivity contribution < 1.29 is 14.3 Å². The molecule has 0 saturated carbocycles. The van der Waals surface area contributed by atoms with Gasteiger partial charge in [-0.15, -0.1) is 0 Å². The van der Waals surface area contributed by atoms with Crippen LogP contribution in [0.1, 0.15) is 55.3 Å². The Morgan fingerprint density at radius 3 is 2.69 bits per heavy atom. The minimum absolute atomic E-state index is 0.0283. The van der Waals surface area contributed by atoms with Crippen LogP contribution in [-0.4, -0.2) is 38.1 Å². The molecule has 1 N–H and O–H groups in total. The van der Waals surface area contributed by atoms with E-state index in [1.807, 2.05) is 31.2 Å². The van der Waals surface area contributed by atoms with E-state index in [1.54, 1.807) is 14.2 Å². The van der Waals surface area contributed by atoms with Gasteiger partial charge in [-0.3, -0.25) is 9.69 Å². The lowest BCUT2D eigenvalue weighted by atomic mass is 9.98. The predicted molar refractivity (Wildman–Crippen MR) is 117 cm³/mol. The van der Waals surface area contributed by atoms with E-state index in [1.165, 1.54) is 5.56 Å². The monoisotopic (exact) mass is 396 g/mol. The fourth-order valence-corrected chi connectivity index (χ4v) is 4.17. The van der Waals surface area contributed by atoms with Gasteiger partial charge in [-0.2, -0.15) is 0 Å². The zero-order valence-corrected chi connectivity index (χ0v) is 18.1. The average molecular weight is 397 g/mol. The summed E-state index contributed by atoms with van der Waals surface area (Å²) >= 11 is 0. The fraction of sp³-hybridized carbons (Fsp3) is 0.458. The molecule has 0 bridgehead atoms. The molecular weight excluding hydrogens is 364 g/mol. The highest BCUT2D eigenvalue weighted by Crippen LogP contribution is 2.38. The van der Waals surface area contributed by atoms with Crippen molar-refractivity contribution in [3.63, 3.8) is 0 Å². The minimum atomic E-state index is 0.0283. The Bertz CT molecular complexity index is 863. The van der Waals surface area contributed by atoms with Crippen molar-refractivity contribution in [2.75, 3.05) is 32.6 Å². The highest BCUT2D eigenvalue weighted by Gasteiger charge is 2.30. The van der Waals surface area contributed by atoms with E-state index < -0.39 is 0 Å². The molecule has 1 fully saturated rings. The number of methoxy groups -OCH3 is 2. The molecule has 1 saturated heterocycles. The van der Waals surface area contributed by atoms with Crippen molar-refractivity contribution in [3.8, 4) is 11.5 Å². The van der Waals surface area contributed by atoms with Gasteiger partial charge in [0.05, 0.1) is 20.8 Å². The normalized spacial score (nSPS) is 16.8. The molecule has 1 heterocycles. The van der Waals surface area contributed by atoms with Crippen molar-refractivity contribution in [2.24, 2.45) is 0 Å². The number of carbonyl (C=O) groups is 1. The lowest BCUT2D eigenvalue weighted by Gasteiger charge is -2.26. The van der Waals surface area contributed by atoms with Crippen LogP contribution in [0, 0.1) is 6.92 Å². The number of ether oxygens (including phenoxy) is 2. The minimum Gasteiger partial charge on any atom is -0.497 e. The lowest BCUT2D eigenvalue weighted by Crippen LogP contribution is -2.33. The molecular formula is C24H32N2O3. The fourth-order valence-electron chi connectivity index (χ4n) is 4.17. The van der Waals surface area contributed by atoms with Crippen LogP contribution < -0.4 is 14.8 Å². The van der Waals surface area contributed by atoms with E-state index in [-0.39, 0.29) is 11.9 Å². The molecule has 0 radical (unpaired) electrons. The first kappa shape index (κ1) is 21.2. The number of amides is 1. The number of nitrogens with zero attached hydrogens (tertiary/aromatic N) is 1. The number of anilines is 1. The first-order valence-electron chi connectivity index (χ1n) is 10.3. The number of aryl methyl sites for hydroxylation is 1. The first-order chi connectivity index (χ1) is 13.9. The van der Waals surface area contributed by atoms with Crippen molar-refractivity contribution in [1.29, 1.82) is 0 Å². The van der Waals surface area contributed by atoms with Crippen LogP contribution in [0.3, 0.4) is 0 Å². The number of para-hydroxylation sites is 1. The summed E-state index contributed by atoms with van der Waals surface area (Å²) in [6.07, 6.45) is 2.08. The first-order valence-corrected chi connectivity index (χ1v) is 10.3. The second-order valence-corrected chi connectivity index (χ2v) is 7.98. The SMILES string of the molecule is COc1ccc([C@H]2CCCN2CC(=O)Nc2c(C)cccc2C(C)C)c(OC)c1. The van der Waals surface area contributed by atoms with E-state index in [0.717, 1.165) is 47.7 Å². The van der Waals surface area contributed by atoms with E-state index in [0.29, 0.717) is 12.5 Å². The topological polar surface area (TPSA) is 50.8 Å². The van der Waals surface area contributed by atoms with Gasteiger partial charge in [-0.05, 0) is 49.4 Å². The quantitative estimate of drug-likeness (QED) is 0.722. The molecule has 5 heteroatoms. The predicted octanol–water partition coefficient (Wildman–Crippen LogP) is 4.91. The van der Waals surface area contributed by atoms with E-state index in [9.17, 15) is 4.79 Å². The molecule has 1 aliphatic rings. The molecule has 1 atom stereocenters. The summed E-state index contributed by atoms with van der Waals surface area (Å²) in [5, 5.41) is 3.17. The van der Waals surface area contributed by atoms with Crippen LogP contribution in [0.15, 0.2) is 36.4 Å². The van der Waals surface area contributed by atoms with E-state index in [4.69, 9.17) is 9.47 Å². The van der Waals surface area contributed by atoms with Gasteiger partial charge in [-0.25, -0.2) is 0 Å². The van der Waals surface area contributed by atoms with Gasteiger partial charge in [0, 0.05) is 23.4 Å². The second-order valence-electron chi connectivity index (χ2n) is 7.98. The summed E-state index contributed by atoms with van der Waals surface area (Å²) in [7, 11) is 3.33. The molecule has 3 rings (SSSR count). The van der Waals surface area contributed by atoms with Crippen molar-refractivity contribution in [2.45, 2.75) is 45.6 Å². The molecule has 1 amide bonds. The number of likely N-dealkylation sites (tertiary alicyclic amines) is 1. The number of rotatable bonds is 7.